The van der Waals surface area contributed by atoms with Gasteiger partial charge in [0.05, 0.1) is 23.2 Å². The quantitative estimate of drug-likeness (QED) is 0.862. The Balaban J connectivity index is 1.99. The maximum Gasteiger partial charge on any atom is 0.256 e. The molecule has 1 N–H and O–H groups in total. The van der Waals surface area contributed by atoms with Gasteiger partial charge in [-0.05, 0) is 69.9 Å². The van der Waals surface area contributed by atoms with Gasteiger partial charge in [0.1, 0.15) is 5.75 Å². The van der Waals surface area contributed by atoms with E-state index < -0.39 is 0 Å². The predicted molar refractivity (Wildman–Crippen MR) is 107 cm³/mol. The van der Waals surface area contributed by atoms with E-state index in [1.165, 1.54) is 0 Å². The average molecular weight is 389 g/mol. The highest BCUT2D eigenvalue weighted by Gasteiger charge is 2.30. The predicted octanol–water partition coefficient (Wildman–Crippen LogP) is 3.94. The van der Waals surface area contributed by atoms with Crippen LogP contribution in [0.25, 0.3) is 0 Å². The second-order valence-corrected chi connectivity index (χ2v) is 7.82. The molecule has 1 aromatic carbocycles. The van der Waals surface area contributed by atoms with Crippen LogP contribution in [-0.4, -0.2) is 28.4 Å². The number of nitrogens with zero attached hydrogens (tertiary/aromatic N) is 1. The molecular weight excluding hydrogens is 364 g/mol. The van der Waals surface area contributed by atoms with Crippen molar-refractivity contribution in [2.45, 2.75) is 53.7 Å². The van der Waals surface area contributed by atoms with E-state index in [2.05, 4.69) is 4.98 Å². The number of halogens is 1. The van der Waals surface area contributed by atoms with Crippen LogP contribution in [0.5, 0.6) is 5.75 Å². The Morgan fingerprint density at radius 3 is 2.52 bits per heavy atom. The van der Waals surface area contributed by atoms with Crippen molar-refractivity contribution in [1.82, 2.24) is 9.88 Å². The Morgan fingerprint density at radius 1 is 1.19 bits per heavy atom. The van der Waals surface area contributed by atoms with Crippen LogP contribution in [0.4, 0.5) is 0 Å². The summed E-state index contributed by atoms with van der Waals surface area (Å²) in [6.07, 6.45) is 0.667. The minimum Gasteiger partial charge on any atom is -0.489 e. The second-order valence-electron chi connectivity index (χ2n) is 7.45. The summed E-state index contributed by atoms with van der Waals surface area (Å²) in [5, 5.41) is 0.355. The molecule has 144 valence electrons. The Hall–Kier alpha value is -2.27. The summed E-state index contributed by atoms with van der Waals surface area (Å²) in [6, 6.07) is 3.82. The molecule has 6 heteroatoms. The summed E-state index contributed by atoms with van der Waals surface area (Å²) in [7, 11) is 0. The normalized spacial score (nSPS) is 13.9. The van der Waals surface area contributed by atoms with Gasteiger partial charge in [-0.15, -0.1) is 0 Å². The number of amides is 1. The molecule has 1 amide bonds. The van der Waals surface area contributed by atoms with Gasteiger partial charge in [-0.2, -0.15) is 0 Å². The Kier molecular flexibility index (Phi) is 5.33. The number of benzene rings is 1. The molecule has 0 spiro atoms. The summed E-state index contributed by atoms with van der Waals surface area (Å²) in [5.74, 6) is 0.375. The van der Waals surface area contributed by atoms with Crippen LogP contribution in [-0.2, 0) is 13.0 Å². The van der Waals surface area contributed by atoms with E-state index in [-0.39, 0.29) is 24.1 Å². The van der Waals surface area contributed by atoms with Crippen LogP contribution in [0.3, 0.4) is 0 Å². The van der Waals surface area contributed by atoms with Crippen LogP contribution in [0, 0.1) is 20.8 Å². The first-order valence-electron chi connectivity index (χ1n) is 9.16. The molecule has 1 aliphatic heterocycles. The van der Waals surface area contributed by atoms with Crippen molar-refractivity contribution in [2.75, 3.05) is 6.54 Å². The SMILES string of the molecule is Cc1cc(C)c(CN2CCc3c(C)cc(OC(C)C)c(Cl)c3C2=O)c(=O)[nH]1. The van der Waals surface area contributed by atoms with Gasteiger partial charge in [0.2, 0.25) is 0 Å². The second kappa shape index (κ2) is 7.39. The van der Waals surface area contributed by atoms with Crippen LogP contribution < -0.4 is 10.3 Å². The number of ether oxygens (including phenoxy) is 1. The summed E-state index contributed by atoms with van der Waals surface area (Å²) in [5.41, 5.74) is 4.62. The minimum absolute atomic E-state index is 0.0384. The third kappa shape index (κ3) is 3.74. The summed E-state index contributed by atoms with van der Waals surface area (Å²) >= 11 is 6.55. The number of aromatic nitrogens is 1. The van der Waals surface area contributed by atoms with Gasteiger partial charge in [0, 0.05) is 17.8 Å². The molecule has 0 bridgehead atoms. The number of fused-ring (bicyclic) bond motifs is 1. The van der Waals surface area contributed by atoms with Crippen molar-refractivity contribution in [2.24, 2.45) is 0 Å². The van der Waals surface area contributed by atoms with Crippen LogP contribution >= 0.6 is 11.6 Å². The van der Waals surface area contributed by atoms with E-state index in [0.29, 0.717) is 34.9 Å². The van der Waals surface area contributed by atoms with E-state index in [0.717, 1.165) is 22.4 Å². The van der Waals surface area contributed by atoms with Crippen LogP contribution in [0.15, 0.2) is 16.9 Å². The van der Waals surface area contributed by atoms with E-state index in [1.807, 2.05) is 46.8 Å². The molecule has 2 heterocycles. The number of rotatable bonds is 4. The van der Waals surface area contributed by atoms with Gasteiger partial charge < -0.3 is 14.6 Å². The van der Waals surface area contributed by atoms with Gasteiger partial charge in [-0.3, -0.25) is 9.59 Å². The zero-order valence-corrected chi connectivity index (χ0v) is 17.2. The maximum atomic E-state index is 13.2. The van der Waals surface area contributed by atoms with E-state index in [9.17, 15) is 9.59 Å². The fourth-order valence-corrected chi connectivity index (χ4v) is 3.90. The molecular formula is C21H25ClN2O3. The lowest BCUT2D eigenvalue weighted by Crippen LogP contribution is -2.39. The standard InChI is InChI=1S/C21H25ClN2O3/c1-11(2)27-17-9-13(4)15-6-7-24(21(26)18(15)19(17)22)10-16-12(3)8-14(5)23-20(16)25/h8-9,11H,6-7,10H2,1-5H3,(H,23,25). The summed E-state index contributed by atoms with van der Waals surface area (Å²) in [6.45, 7) is 10.4. The monoisotopic (exact) mass is 388 g/mol. The highest BCUT2D eigenvalue weighted by molar-refractivity contribution is 6.35. The van der Waals surface area contributed by atoms with Crippen molar-refractivity contribution in [1.29, 1.82) is 0 Å². The molecule has 1 aliphatic rings. The van der Waals surface area contributed by atoms with Gasteiger partial charge >= 0.3 is 0 Å². The molecule has 3 rings (SSSR count). The molecule has 0 radical (unpaired) electrons. The van der Waals surface area contributed by atoms with Crippen molar-refractivity contribution in [3.8, 4) is 5.75 Å². The van der Waals surface area contributed by atoms with Gasteiger partial charge in [0.25, 0.3) is 11.5 Å². The van der Waals surface area contributed by atoms with Gasteiger partial charge in [-0.1, -0.05) is 11.6 Å². The average Bonchev–Trinajstić information content (AvgIpc) is 2.56. The van der Waals surface area contributed by atoms with Crippen molar-refractivity contribution >= 4 is 17.5 Å². The Bertz CT molecular complexity index is 963. The first kappa shape index (κ1) is 19.5. The molecule has 0 saturated heterocycles. The third-order valence-corrected chi connectivity index (χ3v) is 5.27. The number of carbonyl (C=O) groups excluding carboxylic acids is 1. The van der Waals surface area contributed by atoms with Crippen molar-refractivity contribution in [3.63, 3.8) is 0 Å². The number of H-pyrrole nitrogens is 1. The fraction of sp³-hybridized carbons (Fsp3) is 0.429. The zero-order valence-electron chi connectivity index (χ0n) is 16.4. The highest BCUT2D eigenvalue weighted by Crippen LogP contribution is 2.37. The highest BCUT2D eigenvalue weighted by atomic mass is 35.5. The van der Waals surface area contributed by atoms with E-state index in [4.69, 9.17) is 16.3 Å². The van der Waals surface area contributed by atoms with Crippen LogP contribution in [0.2, 0.25) is 5.02 Å². The van der Waals surface area contributed by atoms with E-state index >= 15 is 0 Å². The fourth-order valence-electron chi connectivity index (χ4n) is 3.61. The topological polar surface area (TPSA) is 62.4 Å². The lowest BCUT2D eigenvalue weighted by Gasteiger charge is -2.31. The molecule has 0 atom stereocenters. The lowest BCUT2D eigenvalue weighted by molar-refractivity contribution is 0.0725. The molecule has 5 nitrogen and oxygen atoms in total. The van der Waals surface area contributed by atoms with Crippen LogP contribution in [0.1, 0.15) is 52.2 Å². The van der Waals surface area contributed by atoms with Crippen molar-refractivity contribution < 1.29 is 9.53 Å². The maximum absolute atomic E-state index is 13.2. The molecule has 2 aromatic rings. The smallest absolute Gasteiger partial charge is 0.256 e. The summed E-state index contributed by atoms with van der Waals surface area (Å²) in [4.78, 5) is 30.0. The molecule has 0 fully saturated rings. The largest absolute Gasteiger partial charge is 0.489 e. The number of aryl methyl sites for hydroxylation is 3. The lowest BCUT2D eigenvalue weighted by atomic mass is 9.93. The number of hydrogen-bond donors (Lipinski definition) is 1. The summed E-state index contributed by atoms with van der Waals surface area (Å²) < 4.78 is 5.79. The Morgan fingerprint density at radius 2 is 1.89 bits per heavy atom. The molecule has 27 heavy (non-hydrogen) atoms. The molecule has 0 unspecified atom stereocenters. The van der Waals surface area contributed by atoms with E-state index in [1.54, 1.807) is 4.90 Å². The van der Waals surface area contributed by atoms with Gasteiger partial charge in [-0.25, -0.2) is 0 Å². The third-order valence-electron chi connectivity index (χ3n) is 4.90. The first-order valence-corrected chi connectivity index (χ1v) is 9.54. The Labute approximate surface area is 164 Å². The molecule has 0 aliphatic carbocycles. The number of carbonyl (C=O) groups is 1. The number of aromatic amines is 1. The minimum atomic E-state index is -0.155. The van der Waals surface area contributed by atoms with Crippen molar-refractivity contribution in [3.05, 3.63) is 61.0 Å². The number of hydrogen-bond acceptors (Lipinski definition) is 3. The first-order chi connectivity index (χ1) is 12.7. The number of pyridine rings is 1. The molecule has 1 aromatic heterocycles. The number of nitrogens with one attached hydrogen (secondary N) is 1. The molecule has 0 saturated carbocycles. The van der Waals surface area contributed by atoms with Gasteiger partial charge in [0.15, 0.2) is 0 Å². The zero-order chi connectivity index (χ0) is 19.9.